The summed E-state index contributed by atoms with van der Waals surface area (Å²) >= 11 is 0. The van der Waals surface area contributed by atoms with Gasteiger partial charge in [-0.15, -0.1) is 0 Å². The Kier molecular flexibility index (Phi) is 6.29. The molecule has 0 aliphatic carbocycles. The Labute approximate surface area is 182 Å². The highest BCUT2D eigenvalue weighted by Crippen LogP contribution is 2.32. The van der Waals surface area contributed by atoms with Crippen LogP contribution in [0.1, 0.15) is 31.9 Å². The summed E-state index contributed by atoms with van der Waals surface area (Å²) in [7, 11) is 0. The number of nitrogens with zero attached hydrogens (tertiary/aromatic N) is 2. The zero-order valence-corrected chi connectivity index (χ0v) is 18.0. The standard InChI is InChI=1S/C23H24F3N3O3/c1-4-28-20(31)17-10-5-6-11-18(17)29(21(28)32)13-19(30)27-14-22(2,3)15-8-7-9-16(12-15)23(24,25)26/h5-12H,4,13-14H2,1-3H3,(H,27,30). The van der Waals surface area contributed by atoms with Crippen LogP contribution in [0.3, 0.4) is 0 Å². The molecule has 0 spiro atoms. The van der Waals surface area contributed by atoms with E-state index in [1.165, 1.54) is 10.6 Å². The summed E-state index contributed by atoms with van der Waals surface area (Å²) in [6, 6.07) is 11.5. The molecule has 2 aromatic carbocycles. The largest absolute Gasteiger partial charge is 0.416 e. The van der Waals surface area contributed by atoms with Gasteiger partial charge in [0.15, 0.2) is 0 Å². The smallest absolute Gasteiger partial charge is 0.354 e. The second-order valence-corrected chi connectivity index (χ2v) is 8.17. The topological polar surface area (TPSA) is 73.1 Å². The molecule has 6 nitrogen and oxygen atoms in total. The van der Waals surface area contributed by atoms with Gasteiger partial charge in [0.2, 0.25) is 5.91 Å². The van der Waals surface area contributed by atoms with Crippen LogP contribution in [0.5, 0.6) is 0 Å². The number of fused-ring (bicyclic) bond motifs is 1. The van der Waals surface area contributed by atoms with Gasteiger partial charge in [0.1, 0.15) is 6.54 Å². The van der Waals surface area contributed by atoms with Crippen LogP contribution in [0, 0.1) is 0 Å². The van der Waals surface area contributed by atoms with Gasteiger partial charge in [-0.2, -0.15) is 13.2 Å². The summed E-state index contributed by atoms with van der Waals surface area (Å²) in [5, 5.41) is 3.03. The van der Waals surface area contributed by atoms with Crippen molar-refractivity contribution in [2.75, 3.05) is 6.54 Å². The summed E-state index contributed by atoms with van der Waals surface area (Å²) in [6.45, 7) is 5.01. The van der Waals surface area contributed by atoms with Crippen LogP contribution in [-0.2, 0) is 29.5 Å². The molecule has 1 aromatic heterocycles. The zero-order valence-electron chi connectivity index (χ0n) is 18.0. The molecule has 0 aliphatic rings. The fraction of sp³-hybridized carbons (Fsp3) is 0.348. The number of nitrogens with one attached hydrogen (secondary N) is 1. The molecular weight excluding hydrogens is 423 g/mol. The van der Waals surface area contributed by atoms with Crippen molar-refractivity contribution in [1.82, 2.24) is 14.5 Å². The first-order valence-electron chi connectivity index (χ1n) is 10.1. The quantitative estimate of drug-likeness (QED) is 0.630. The van der Waals surface area contributed by atoms with Crippen molar-refractivity contribution in [2.24, 2.45) is 0 Å². The van der Waals surface area contributed by atoms with E-state index in [-0.39, 0.29) is 19.6 Å². The van der Waals surface area contributed by atoms with Crippen molar-refractivity contribution < 1.29 is 18.0 Å². The van der Waals surface area contributed by atoms with Crippen LogP contribution in [0.25, 0.3) is 10.9 Å². The third kappa shape index (κ3) is 4.61. The number of aromatic nitrogens is 2. The van der Waals surface area contributed by atoms with Gasteiger partial charge in [-0.25, -0.2) is 4.79 Å². The van der Waals surface area contributed by atoms with Gasteiger partial charge in [-0.05, 0) is 30.7 Å². The third-order valence-corrected chi connectivity index (χ3v) is 5.45. The van der Waals surface area contributed by atoms with E-state index >= 15 is 0 Å². The lowest BCUT2D eigenvalue weighted by Crippen LogP contribution is -2.44. The molecule has 9 heteroatoms. The fourth-order valence-corrected chi connectivity index (χ4v) is 3.54. The summed E-state index contributed by atoms with van der Waals surface area (Å²) < 4.78 is 41.4. The number of halogens is 3. The first kappa shape index (κ1) is 23.3. The van der Waals surface area contributed by atoms with Crippen molar-refractivity contribution in [1.29, 1.82) is 0 Å². The minimum Gasteiger partial charge on any atom is -0.354 e. The van der Waals surface area contributed by atoms with Crippen LogP contribution in [0.15, 0.2) is 58.1 Å². The molecule has 0 bridgehead atoms. The van der Waals surface area contributed by atoms with Crippen molar-refractivity contribution in [3.63, 3.8) is 0 Å². The van der Waals surface area contributed by atoms with Crippen LogP contribution < -0.4 is 16.6 Å². The summed E-state index contributed by atoms with van der Waals surface area (Å²) in [5.41, 5.74) is -1.78. The van der Waals surface area contributed by atoms with Crippen molar-refractivity contribution in [2.45, 2.75) is 45.5 Å². The van der Waals surface area contributed by atoms with Crippen LogP contribution >= 0.6 is 0 Å². The third-order valence-electron chi connectivity index (χ3n) is 5.45. The Morgan fingerprint density at radius 1 is 0.969 bits per heavy atom. The number of rotatable bonds is 6. The van der Waals surface area contributed by atoms with Crippen molar-refractivity contribution in [3.05, 3.63) is 80.5 Å². The molecule has 0 aliphatic heterocycles. The number of hydrogen-bond donors (Lipinski definition) is 1. The number of alkyl halides is 3. The molecule has 0 unspecified atom stereocenters. The number of para-hydroxylation sites is 1. The highest BCUT2D eigenvalue weighted by Gasteiger charge is 2.32. The first-order chi connectivity index (χ1) is 15.0. The van der Waals surface area contributed by atoms with E-state index in [1.54, 1.807) is 51.1 Å². The maximum absolute atomic E-state index is 13.0. The van der Waals surface area contributed by atoms with Crippen molar-refractivity contribution in [3.8, 4) is 0 Å². The molecule has 0 saturated heterocycles. The molecule has 3 rings (SSSR count). The van der Waals surface area contributed by atoms with Gasteiger partial charge in [0.25, 0.3) is 5.56 Å². The van der Waals surface area contributed by atoms with Crippen LogP contribution in [0.2, 0.25) is 0 Å². The average Bonchev–Trinajstić information content (AvgIpc) is 2.75. The van der Waals surface area contributed by atoms with Gasteiger partial charge < -0.3 is 5.32 Å². The van der Waals surface area contributed by atoms with E-state index < -0.39 is 34.3 Å². The Morgan fingerprint density at radius 3 is 2.28 bits per heavy atom. The molecule has 1 N–H and O–H groups in total. The van der Waals surface area contributed by atoms with E-state index in [4.69, 9.17) is 0 Å². The van der Waals surface area contributed by atoms with Gasteiger partial charge in [-0.3, -0.25) is 18.7 Å². The average molecular weight is 447 g/mol. The van der Waals surface area contributed by atoms with Gasteiger partial charge in [0, 0.05) is 18.5 Å². The second-order valence-electron chi connectivity index (χ2n) is 8.17. The highest BCUT2D eigenvalue weighted by atomic mass is 19.4. The summed E-state index contributed by atoms with van der Waals surface area (Å²) in [5.74, 6) is -0.487. The molecule has 1 heterocycles. The predicted octanol–water partition coefficient (Wildman–Crippen LogP) is 3.30. The van der Waals surface area contributed by atoms with Gasteiger partial charge in [0.05, 0.1) is 16.5 Å². The minimum atomic E-state index is -4.46. The lowest BCUT2D eigenvalue weighted by molar-refractivity contribution is -0.137. The zero-order chi connectivity index (χ0) is 23.7. The molecule has 32 heavy (non-hydrogen) atoms. The number of carbonyl (C=O) groups excluding carboxylic acids is 1. The van der Waals surface area contributed by atoms with Crippen molar-refractivity contribution >= 4 is 16.8 Å². The van der Waals surface area contributed by atoms with E-state index in [2.05, 4.69) is 5.32 Å². The summed E-state index contributed by atoms with van der Waals surface area (Å²) in [4.78, 5) is 37.9. The normalized spacial score (nSPS) is 12.2. The van der Waals surface area contributed by atoms with Gasteiger partial charge in [-0.1, -0.05) is 44.2 Å². The molecule has 3 aromatic rings. The van der Waals surface area contributed by atoms with E-state index in [1.807, 2.05) is 0 Å². The fourth-order valence-electron chi connectivity index (χ4n) is 3.54. The molecular formula is C23H24F3N3O3. The Balaban J connectivity index is 1.84. The van der Waals surface area contributed by atoms with E-state index in [9.17, 15) is 27.6 Å². The lowest BCUT2D eigenvalue weighted by Gasteiger charge is -2.26. The Hall–Kier alpha value is -3.36. The summed E-state index contributed by atoms with van der Waals surface area (Å²) in [6.07, 6.45) is -4.46. The maximum atomic E-state index is 13.0. The monoisotopic (exact) mass is 447 g/mol. The SMILES string of the molecule is CCn1c(=O)c2ccccc2n(CC(=O)NCC(C)(C)c2cccc(C(F)(F)F)c2)c1=O. The Morgan fingerprint density at radius 2 is 1.62 bits per heavy atom. The molecule has 0 atom stereocenters. The second kappa shape index (κ2) is 8.64. The first-order valence-corrected chi connectivity index (χ1v) is 10.1. The van der Waals surface area contributed by atoms with E-state index in [0.717, 1.165) is 16.7 Å². The molecule has 1 amide bonds. The lowest BCUT2D eigenvalue weighted by atomic mass is 9.83. The minimum absolute atomic E-state index is 0.0627. The van der Waals surface area contributed by atoms with Crippen LogP contribution in [-0.4, -0.2) is 21.6 Å². The number of carbonyl (C=O) groups is 1. The van der Waals surface area contributed by atoms with Gasteiger partial charge >= 0.3 is 11.9 Å². The maximum Gasteiger partial charge on any atom is 0.416 e. The molecule has 0 saturated carbocycles. The molecule has 170 valence electrons. The number of amides is 1. The molecule has 0 radical (unpaired) electrons. The molecule has 0 fully saturated rings. The Bertz CT molecular complexity index is 1270. The predicted molar refractivity (Wildman–Crippen MR) is 116 cm³/mol. The number of hydrogen-bond acceptors (Lipinski definition) is 3. The van der Waals surface area contributed by atoms with E-state index in [0.29, 0.717) is 16.5 Å². The number of benzene rings is 2. The highest BCUT2D eigenvalue weighted by molar-refractivity contribution is 5.81. The van der Waals surface area contributed by atoms with Crippen LogP contribution in [0.4, 0.5) is 13.2 Å².